The molecule has 0 radical (unpaired) electrons. The average molecular weight is 316 g/mol. The van der Waals surface area contributed by atoms with Crippen molar-refractivity contribution in [2.75, 3.05) is 0 Å². The van der Waals surface area contributed by atoms with Gasteiger partial charge in [0.1, 0.15) is 3.70 Å². The molecule has 0 aliphatic rings. The van der Waals surface area contributed by atoms with Crippen LogP contribution >= 0.6 is 22.6 Å². The fourth-order valence-electron chi connectivity index (χ4n) is 0.929. The molecule has 0 spiro atoms. The second-order valence-corrected chi connectivity index (χ2v) is 3.37. The Morgan fingerprint density at radius 2 is 2.14 bits per heavy atom. The van der Waals surface area contributed by atoms with Crippen LogP contribution in [0.2, 0.25) is 0 Å². The van der Waals surface area contributed by atoms with E-state index in [0.717, 1.165) is 0 Å². The van der Waals surface area contributed by atoms with Gasteiger partial charge >= 0.3 is 0 Å². The maximum atomic E-state index is 12.9. The number of carbonyl (C=O) groups is 1. The van der Waals surface area contributed by atoms with E-state index in [1.807, 2.05) is 0 Å². The minimum atomic E-state index is -2.98. The van der Waals surface area contributed by atoms with Crippen molar-refractivity contribution in [3.8, 4) is 0 Å². The molecule has 1 aromatic rings. The van der Waals surface area contributed by atoms with Crippen molar-refractivity contribution in [3.05, 3.63) is 26.8 Å². The molecule has 1 rings (SSSR count). The van der Waals surface area contributed by atoms with Crippen molar-refractivity contribution < 1.29 is 18.0 Å². The minimum Gasteiger partial charge on any atom is -0.365 e. The molecule has 0 saturated carbocycles. The summed E-state index contributed by atoms with van der Waals surface area (Å²) in [6.07, 6.45) is -2.29. The Bertz CT molecular complexity index is 383. The summed E-state index contributed by atoms with van der Waals surface area (Å²) in [7, 11) is 0. The molecule has 1 heterocycles. The summed E-state index contributed by atoms with van der Waals surface area (Å²) < 4.78 is 37.6. The molecule has 7 heteroatoms. The molecule has 1 amide bonds. The minimum absolute atomic E-state index is 0.132. The molecule has 2 N–H and O–H groups in total. The van der Waals surface area contributed by atoms with Gasteiger partial charge in [0.15, 0.2) is 5.82 Å². The summed E-state index contributed by atoms with van der Waals surface area (Å²) in [5, 5.41) is 0. The smallest absolute Gasteiger partial charge is 0.267 e. The van der Waals surface area contributed by atoms with Crippen LogP contribution in [-0.4, -0.2) is 10.9 Å². The number of carbonyl (C=O) groups excluding carboxylic acids is 1. The van der Waals surface area contributed by atoms with Crippen LogP contribution in [0.25, 0.3) is 0 Å². The predicted octanol–water partition coefficient (Wildman–Crippen LogP) is 1.86. The molecule has 0 aliphatic carbocycles. The Morgan fingerprint density at radius 1 is 1.57 bits per heavy atom. The second kappa shape index (κ2) is 4.11. The number of pyridine rings is 1. The van der Waals surface area contributed by atoms with Crippen molar-refractivity contribution in [1.82, 2.24) is 4.98 Å². The molecule has 14 heavy (non-hydrogen) atoms. The lowest BCUT2D eigenvalue weighted by atomic mass is 10.1. The molecule has 0 aromatic carbocycles. The number of hydrogen-bond acceptors (Lipinski definition) is 2. The van der Waals surface area contributed by atoms with Gasteiger partial charge in [0.25, 0.3) is 12.3 Å². The number of alkyl halides is 2. The molecule has 0 atom stereocenters. The number of amides is 1. The maximum Gasteiger partial charge on any atom is 0.267 e. The van der Waals surface area contributed by atoms with Crippen molar-refractivity contribution >= 4 is 28.5 Å². The molecular weight excluding hydrogens is 312 g/mol. The molecular formula is C7H4F3IN2O. The van der Waals surface area contributed by atoms with Crippen LogP contribution < -0.4 is 5.73 Å². The number of nitrogens with zero attached hydrogens (tertiary/aromatic N) is 1. The van der Waals surface area contributed by atoms with E-state index in [-0.39, 0.29) is 3.70 Å². The van der Waals surface area contributed by atoms with Crippen LogP contribution in [0.15, 0.2) is 6.20 Å². The number of halogens is 4. The molecule has 0 unspecified atom stereocenters. The van der Waals surface area contributed by atoms with Crippen molar-refractivity contribution in [1.29, 1.82) is 0 Å². The molecule has 1 aromatic heterocycles. The van der Waals surface area contributed by atoms with Crippen LogP contribution in [0.5, 0.6) is 0 Å². The Morgan fingerprint density at radius 3 is 2.50 bits per heavy atom. The van der Waals surface area contributed by atoms with E-state index in [1.54, 1.807) is 0 Å². The van der Waals surface area contributed by atoms with E-state index < -0.39 is 29.3 Å². The zero-order valence-electron chi connectivity index (χ0n) is 6.60. The first kappa shape index (κ1) is 11.2. The van der Waals surface area contributed by atoms with Gasteiger partial charge in [0, 0.05) is 0 Å². The second-order valence-electron chi connectivity index (χ2n) is 2.35. The zero-order valence-corrected chi connectivity index (χ0v) is 8.76. The lowest BCUT2D eigenvalue weighted by molar-refractivity contribution is 0.0979. The quantitative estimate of drug-likeness (QED) is 0.669. The van der Waals surface area contributed by atoms with Gasteiger partial charge in [-0.25, -0.2) is 18.2 Å². The summed E-state index contributed by atoms with van der Waals surface area (Å²) in [4.78, 5) is 14.1. The Labute approximate surface area is 90.6 Å². The van der Waals surface area contributed by atoms with Crippen molar-refractivity contribution in [2.45, 2.75) is 6.43 Å². The van der Waals surface area contributed by atoms with E-state index >= 15 is 0 Å². The fraction of sp³-hybridized carbons (Fsp3) is 0.143. The highest BCUT2D eigenvalue weighted by Crippen LogP contribution is 2.27. The highest BCUT2D eigenvalue weighted by Gasteiger charge is 2.24. The maximum absolute atomic E-state index is 12.9. The lowest BCUT2D eigenvalue weighted by Crippen LogP contribution is -2.18. The SMILES string of the molecule is NC(=O)c1c(F)cnc(I)c1C(F)F. The fourth-order valence-corrected chi connectivity index (χ4v) is 1.57. The van der Waals surface area contributed by atoms with Crippen LogP contribution in [0.3, 0.4) is 0 Å². The third-order valence-electron chi connectivity index (χ3n) is 1.49. The molecule has 0 aliphatic heterocycles. The van der Waals surface area contributed by atoms with Crippen molar-refractivity contribution in [2.24, 2.45) is 5.73 Å². The zero-order chi connectivity index (χ0) is 10.9. The topological polar surface area (TPSA) is 56.0 Å². The monoisotopic (exact) mass is 316 g/mol. The first-order chi connectivity index (χ1) is 6.45. The Hall–Kier alpha value is -0.860. The summed E-state index contributed by atoms with van der Waals surface area (Å²) in [5.41, 5.74) is 3.23. The average Bonchev–Trinajstić information content (AvgIpc) is 2.07. The largest absolute Gasteiger partial charge is 0.365 e. The summed E-state index contributed by atoms with van der Waals surface area (Å²) in [6.45, 7) is 0. The van der Waals surface area contributed by atoms with Gasteiger partial charge in [-0.15, -0.1) is 0 Å². The van der Waals surface area contributed by atoms with Crippen LogP contribution in [0.4, 0.5) is 13.2 Å². The van der Waals surface area contributed by atoms with Crippen LogP contribution in [0, 0.1) is 9.52 Å². The van der Waals surface area contributed by atoms with Crippen LogP contribution in [-0.2, 0) is 0 Å². The highest BCUT2D eigenvalue weighted by molar-refractivity contribution is 14.1. The van der Waals surface area contributed by atoms with Crippen LogP contribution in [0.1, 0.15) is 22.3 Å². The standard InChI is InChI=1S/C7H4F3IN2O/c8-2-1-13-6(11)4(5(9)10)3(2)7(12)14/h1,5H,(H2,12,14). The molecule has 0 saturated heterocycles. The Balaban J connectivity index is 3.50. The number of hydrogen-bond donors (Lipinski definition) is 1. The van der Waals surface area contributed by atoms with E-state index in [0.29, 0.717) is 6.20 Å². The first-order valence-corrected chi connectivity index (χ1v) is 4.45. The van der Waals surface area contributed by atoms with E-state index in [4.69, 9.17) is 5.73 Å². The molecule has 0 fully saturated rings. The number of nitrogens with two attached hydrogens (primary N) is 1. The van der Waals surface area contributed by atoms with Gasteiger partial charge in [-0.05, 0) is 22.6 Å². The van der Waals surface area contributed by atoms with Gasteiger partial charge in [0.2, 0.25) is 0 Å². The van der Waals surface area contributed by atoms with E-state index in [9.17, 15) is 18.0 Å². The molecule has 3 nitrogen and oxygen atoms in total. The molecule has 0 bridgehead atoms. The number of aromatic nitrogens is 1. The normalized spacial score (nSPS) is 10.6. The lowest BCUT2D eigenvalue weighted by Gasteiger charge is -2.07. The number of primary amides is 1. The predicted molar refractivity (Wildman–Crippen MR) is 50.4 cm³/mol. The van der Waals surface area contributed by atoms with Gasteiger partial charge in [0.05, 0.1) is 17.3 Å². The third-order valence-corrected chi connectivity index (χ3v) is 2.35. The highest BCUT2D eigenvalue weighted by atomic mass is 127. The third kappa shape index (κ3) is 1.97. The van der Waals surface area contributed by atoms with Gasteiger partial charge < -0.3 is 5.73 Å². The summed E-state index contributed by atoms with van der Waals surface area (Å²) >= 11 is 1.49. The summed E-state index contributed by atoms with van der Waals surface area (Å²) in [6, 6.07) is 0. The van der Waals surface area contributed by atoms with E-state index in [2.05, 4.69) is 4.98 Å². The van der Waals surface area contributed by atoms with Gasteiger partial charge in [-0.2, -0.15) is 0 Å². The Kier molecular flexibility index (Phi) is 3.29. The summed E-state index contributed by atoms with van der Waals surface area (Å²) in [5.74, 6) is -2.36. The van der Waals surface area contributed by atoms with Gasteiger partial charge in [-0.1, -0.05) is 0 Å². The van der Waals surface area contributed by atoms with Gasteiger partial charge in [-0.3, -0.25) is 4.79 Å². The van der Waals surface area contributed by atoms with E-state index in [1.165, 1.54) is 22.6 Å². The number of rotatable bonds is 2. The first-order valence-electron chi connectivity index (χ1n) is 3.37. The van der Waals surface area contributed by atoms with Crippen molar-refractivity contribution in [3.63, 3.8) is 0 Å². The molecule has 76 valence electrons.